The fourth-order valence-electron chi connectivity index (χ4n) is 1.17. The van der Waals surface area contributed by atoms with Crippen LogP contribution in [-0.2, 0) is 19.2 Å². The van der Waals surface area contributed by atoms with Crippen molar-refractivity contribution in [2.24, 2.45) is 5.73 Å². The van der Waals surface area contributed by atoms with Crippen molar-refractivity contribution in [1.29, 1.82) is 0 Å². The average molecular weight is 288 g/mol. The van der Waals surface area contributed by atoms with Gasteiger partial charge in [-0.1, -0.05) is 0 Å². The van der Waals surface area contributed by atoms with E-state index in [1.165, 1.54) is 20.8 Å². The Kier molecular flexibility index (Phi) is 7.22. The number of carboxylic acid groups (broad SMARTS) is 1. The number of carbonyl (C=O) groups excluding carboxylic acids is 3. The maximum Gasteiger partial charge on any atom is 0.325 e. The Morgan fingerprint density at radius 2 is 1.30 bits per heavy atom. The van der Waals surface area contributed by atoms with Gasteiger partial charge < -0.3 is 26.8 Å². The summed E-state index contributed by atoms with van der Waals surface area (Å²) >= 11 is 0. The molecule has 0 saturated carbocycles. The molecule has 0 unspecified atom stereocenters. The van der Waals surface area contributed by atoms with E-state index < -0.39 is 41.8 Å². The van der Waals surface area contributed by atoms with Crippen molar-refractivity contribution in [3.05, 3.63) is 0 Å². The van der Waals surface area contributed by atoms with E-state index in [2.05, 4.69) is 16.0 Å². The zero-order valence-electron chi connectivity index (χ0n) is 11.6. The number of rotatable bonds is 7. The molecule has 0 aromatic heterocycles. The van der Waals surface area contributed by atoms with Crippen LogP contribution in [0.15, 0.2) is 0 Å². The van der Waals surface area contributed by atoms with E-state index in [4.69, 9.17) is 10.8 Å². The van der Waals surface area contributed by atoms with Crippen molar-refractivity contribution >= 4 is 23.7 Å². The minimum absolute atomic E-state index is 0.246. The first kappa shape index (κ1) is 17.8. The number of amides is 3. The van der Waals surface area contributed by atoms with Gasteiger partial charge >= 0.3 is 5.97 Å². The van der Waals surface area contributed by atoms with Crippen LogP contribution < -0.4 is 21.7 Å². The van der Waals surface area contributed by atoms with Crippen molar-refractivity contribution in [1.82, 2.24) is 16.0 Å². The van der Waals surface area contributed by atoms with Crippen LogP contribution >= 0.6 is 0 Å². The number of hydrogen-bond acceptors (Lipinski definition) is 5. The lowest BCUT2D eigenvalue weighted by atomic mass is 10.2. The molecule has 0 aliphatic carbocycles. The first-order chi connectivity index (χ1) is 9.18. The second-order valence-corrected chi connectivity index (χ2v) is 4.29. The van der Waals surface area contributed by atoms with Crippen molar-refractivity contribution in [2.45, 2.75) is 38.9 Å². The Bertz CT molecular complexity index is 398. The van der Waals surface area contributed by atoms with E-state index in [0.717, 1.165) is 0 Å². The molecule has 0 aromatic carbocycles. The molecule has 0 heterocycles. The summed E-state index contributed by atoms with van der Waals surface area (Å²) in [5, 5.41) is 15.5. The van der Waals surface area contributed by atoms with Gasteiger partial charge in [0.1, 0.15) is 18.1 Å². The molecule has 9 heteroatoms. The molecule has 0 fully saturated rings. The third kappa shape index (κ3) is 6.14. The molecule has 9 nitrogen and oxygen atoms in total. The van der Waals surface area contributed by atoms with E-state index in [1.54, 1.807) is 0 Å². The molecule has 20 heavy (non-hydrogen) atoms. The van der Waals surface area contributed by atoms with Crippen LogP contribution in [0.4, 0.5) is 0 Å². The Hall–Kier alpha value is -2.16. The highest BCUT2D eigenvalue weighted by Gasteiger charge is 2.23. The minimum Gasteiger partial charge on any atom is -0.480 e. The van der Waals surface area contributed by atoms with Gasteiger partial charge in [-0.3, -0.25) is 19.2 Å². The highest BCUT2D eigenvalue weighted by Crippen LogP contribution is 1.90. The molecule has 0 saturated heterocycles. The predicted octanol–water partition coefficient (Wildman–Crippen LogP) is -2.46. The van der Waals surface area contributed by atoms with Crippen LogP contribution in [0, 0.1) is 0 Å². The second-order valence-electron chi connectivity index (χ2n) is 4.29. The van der Waals surface area contributed by atoms with Gasteiger partial charge in [0, 0.05) is 0 Å². The summed E-state index contributed by atoms with van der Waals surface area (Å²) < 4.78 is 0. The second kappa shape index (κ2) is 8.10. The van der Waals surface area contributed by atoms with Crippen LogP contribution in [0.2, 0.25) is 0 Å². The maximum atomic E-state index is 11.7. The molecule has 0 aromatic rings. The van der Waals surface area contributed by atoms with Gasteiger partial charge in [-0.15, -0.1) is 0 Å². The lowest BCUT2D eigenvalue weighted by Crippen LogP contribution is -2.54. The molecule has 0 spiro atoms. The first-order valence-electron chi connectivity index (χ1n) is 6.02. The number of nitrogens with two attached hydrogens (primary N) is 1. The van der Waals surface area contributed by atoms with Gasteiger partial charge in [0.15, 0.2) is 0 Å². The van der Waals surface area contributed by atoms with Crippen molar-refractivity contribution in [3.63, 3.8) is 0 Å². The molecule has 0 radical (unpaired) electrons. The summed E-state index contributed by atoms with van der Waals surface area (Å²) in [5.41, 5.74) is 5.09. The van der Waals surface area contributed by atoms with E-state index in [1.807, 2.05) is 0 Å². The van der Waals surface area contributed by atoms with Crippen molar-refractivity contribution in [3.8, 4) is 0 Å². The largest absolute Gasteiger partial charge is 0.480 e. The van der Waals surface area contributed by atoms with Gasteiger partial charge in [-0.2, -0.15) is 0 Å². The van der Waals surface area contributed by atoms with Crippen LogP contribution in [0.25, 0.3) is 0 Å². The van der Waals surface area contributed by atoms with E-state index in [0.29, 0.717) is 0 Å². The summed E-state index contributed by atoms with van der Waals surface area (Å²) in [7, 11) is 0. The van der Waals surface area contributed by atoms with E-state index in [-0.39, 0.29) is 6.54 Å². The Labute approximate surface area is 116 Å². The lowest BCUT2D eigenvalue weighted by molar-refractivity contribution is -0.141. The molecule has 6 N–H and O–H groups in total. The lowest BCUT2D eigenvalue weighted by Gasteiger charge is -2.19. The van der Waals surface area contributed by atoms with Crippen LogP contribution in [0.3, 0.4) is 0 Å². The molecule has 0 rings (SSSR count). The number of carbonyl (C=O) groups is 4. The minimum atomic E-state index is -1.18. The fraction of sp³-hybridized carbons (Fsp3) is 0.636. The zero-order valence-corrected chi connectivity index (χ0v) is 11.6. The monoisotopic (exact) mass is 288 g/mol. The zero-order chi connectivity index (χ0) is 15.9. The van der Waals surface area contributed by atoms with Gasteiger partial charge in [-0.05, 0) is 20.8 Å². The van der Waals surface area contributed by atoms with Crippen molar-refractivity contribution in [2.75, 3.05) is 6.54 Å². The molecular weight excluding hydrogens is 268 g/mol. The molecular formula is C11H20N4O5. The Morgan fingerprint density at radius 3 is 1.70 bits per heavy atom. The summed E-state index contributed by atoms with van der Waals surface area (Å²) in [6, 6.07) is -2.84. The standard InChI is InChI=1S/C11H20N4O5/c1-5(13-8(16)4-12)9(17)14-6(2)10(18)15-7(3)11(19)20/h5-7H,4,12H2,1-3H3,(H,13,16)(H,14,17)(H,15,18)(H,19,20)/t5-,6-,7-/m0/s1. The average Bonchev–Trinajstić information content (AvgIpc) is 2.37. The third-order valence-electron chi connectivity index (χ3n) is 2.44. The summed E-state index contributed by atoms with van der Waals surface area (Å²) in [6.45, 7) is 3.90. The fourth-order valence-corrected chi connectivity index (χ4v) is 1.17. The van der Waals surface area contributed by atoms with E-state index >= 15 is 0 Å². The number of carboxylic acids is 1. The normalized spacial score (nSPS) is 14.6. The Balaban J connectivity index is 4.34. The van der Waals surface area contributed by atoms with E-state index in [9.17, 15) is 19.2 Å². The van der Waals surface area contributed by atoms with Gasteiger partial charge in [0.2, 0.25) is 17.7 Å². The van der Waals surface area contributed by atoms with Gasteiger partial charge in [-0.25, -0.2) is 0 Å². The summed E-state index contributed by atoms with van der Waals surface area (Å²) in [5.74, 6) is -2.88. The van der Waals surface area contributed by atoms with Crippen LogP contribution in [0.1, 0.15) is 20.8 Å². The van der Waals surface area contributed by atoms with Gasteiger partial charge in [0.25, 0.3) is 0 Å². The summed E-state index contributed by atoms with van der Waals surface area (Å²) in [4.78, 5) is 44.9. The number of aliphatic carboxylic acids is 1. The molecule has 3 atom stereocenters. The first-order valence-corrected chi connectivity index (χ1v) is 6.02. The molecule has 114 valence electrons. The third-order valence-corrected chi connectivity index (χ3v) is 2.44. The van der Waals surface area contributed by atoms with Gasteiger partial charge in [0.05, 0.1) is 6.54 Å². The predicted molar refractivity (Wildman–Crippen MR) is 69.5 cm³/mol. The highest BCUT2D eigenvalue weighted by atomic mass is 16.4. The van der Waals surface area contributed by atoms with Crippen LogP contribution in [-0.4, -0.2) is 53.5 Å². The summed E-state index contributed by atoms with van der Waals surface area (Å²) in [6.07, 6.45) is 0. The topological polar surface area (TPSA) is 151 Å². The van der Waals surface area contributed by atoms with Crippen LogP contribution in [0.5, 0.6) is 0 Å². The SMILES string of the molecule is C[C@H](NC(=O)[C@H](C)NC(=O)[C@H](C)NC(=O)CN)C(=O)O. The molecule has 0 aliphatic heterocycles. The molecule has 0 bridgehead atoms. The number of hydrogen-bond donors (Lipinski definition) is 5. The number of nitrogens with one attached hydrogen (secondary N) is 3. The smallest absolute Gasteiger partial charge is 0.325 e. The Morgan fingerprint density at radius 1 is 0.900 bits per heavy atom. The maximum absolute atomic E-state index is 11.7. The van der Waals surface area contributed by atoms with Crippen molar-refractivity contribution < 1.29 is 24.3 Å². The quantitative estimate of drug-likeness (QED) is 0.350. The molecule has 0 aliphatic rings. The highest BCUT2D eigenvalue weighted by molar-refractivity contribution is 5.93. The molecule has 3 amide bonds.